The lowest BCUT2D eigenvalue weighted by Gasteiger charge is -2.35. The van der Waals surface area contributed by atoms with Crippen molar-refractivity contribution in [1.29, 1.82) is 0 Å². The number of fused-ring (bicyclic) bond motifs is 1. The van der Waals surface area contributed by atoms with Gasteiger partial charge in [-0.15, -0.1) is 0 Å². The highest BCUT2D eigenvalue weighted by Crippen LogP contribution is 2.49. The lowest BCUT2D eigenvalue weighted by atomic mass is 9.78. The van der Waals surface area contributed by atoms with Crippen LogP contribution < -0.4 is 21.6 Å². The highest BCUT2D eigenvalue weighted by Gasteiger charge is 2.35. The molecule has 0 radical (unpaired) electrons. The molecule has 38 heavy (non-hydrogen) atoms. The van der Waals surface area contributed by atoms with Crippen LogP contribution in [0.3, 0.4) is 0 Å². The van der Waals surface area contributed by atoms with Gasteiger partial charge in [0.05, 0.1) is 11.5 Å². The van der Waals surface area contributed by atoms with Crippen LogP contribution in [0, 0.1) is 6.92 Å². The molecule has 7 N–H and O–H groups in total. The Kier molecular flexibility index (Phi) is 7.96. The average Bonchev–Trinajstić information content (AvgIpc) is 3.39. The molecule has 2 fully saturated rings. The van der Waals surface area contributed by atoms with E-state index in [9.17, 15) is 23.1 Å². The molecule has 0 aromatic heterocycles. The second-order valence-electron chi connectivity index (χ2n) is 10.1. The van der Waals surface area contributed by atoms with Gasteiger partial charge >= 0.3 is 0 Å². The van der Waals surface area contributed by atoms with Gasteiger partial charge in [0.25, 0.3) is 0 Å². The van der Waals surface area contributed by atoms with Crippen molar-refractivity contribution in [2.75, 3.05) is 36.8 Å². The van der Waals surface area contributed by atoms with Crippen LogP contribution in [0.4, 0.5) is 11.4 Å². The minimum Gasteiger partial charge on any atom is -0.398 e. The molecule has 2 aliphatic heterocycles. The summed E-state index contributed by atoms with van der Waals surface area (Å²) in [6.07, 6.45) is 5.27. The number of benzene rings is 2. The van der Waals surface area contributed by atoms with Gasteiger partial charge in [-0.1, -0.05) is 0 Å². The van der Waals surface area contributed by atoms with Gasteiger partial charge < -0.3 is 31.3 Å². The van der Waals surface area contributed by atoms with Crippen LogP contribution in [0.1, 0.15) is 71.1 Å². The molecule has 0 spiro atoms. The van der Waals surface area contributed by atoms with E-state index in [2.05, 4.69) is 10.0 Å². The number of nitrogens with two attached hydrogens (primary N) is 3. The number of Topliss-reactive ketones (excluding diaryl/α,β-unsaturated/α-hetero) is 1. The number of aliphatic hydroxyl groups is 1. The normalized spacial score (nSPS) is 18.6. The summed E-state index contributed by atoms with van der Waals surface area (Å²) < 4.78 is 26.2. The highest BCUT2D eigenvalue weighted by atomic mass is 32.2. The molecule has 1 atom stereocenters. The van der Waals surface area contributed by atoms with Crippen molar-refractivity contribution in [3.8, 4) is 0 Å². The van der Waals surface area contributed by atoms with E-state index in [-0.39, 0.29) is 34.1 Å². The third-order valence-corrected chi connectivity index (χ3v) is 8.87. The largest absolute Gasteiger partial charge is 0.398 e. The molecule has 2 aromatic carbocycles. The number of hydrogen-bond donors (Lipinski definition) is 4. The minimum absolute atomic E-state index is 0.0903. The van der Waals surface area contributed by atoms with E-state index in [4.69, 9.17) is 16.7 Å². The first kappa shape index (κ1) is 27.8. The lowest BCUT2D eigenvalue weighted by molar-refractivity contribution is -0.107. The Morgan fingerprint density at radius 1 is 1.16 bits per heavy atom. The minimum atomic E-state index is -4.37. The number of aldehydes is 1. The molecule has 206 valence electrons. The number of rotatable bonds is 8. The van der Waals surface area contributed by atoms with Crippen LogP contribution in [0.5, 0.6) is 0 Å². The van der Waals surface area contributed by atoms with Gasteiger partial charge in [0.2, 0.25) is 10.0 Å². The van der Waals surface area contributed by atoms with E-state index in [0.717, 1.165) is 25.8 Å². The molecule has 2 aliphatic rings. The first-order valence-electron chi connectivity index (χ1n) is 12.8. The maximum atomic E-state index is 13.1. The van der Waals surface area contributed by atoms with Crippen molar-refractivity contribution in [3.63, 3.8) is 0 Å². The SMILES string of the molecule is CC(=O)c1c(N)c(C)c2c(N3CCCC3)c(CC=O)c(S(N)(=O)=O)c(CO)c2c1C1CCCN(C=NN)C1. The van der Waals surface area contributed by atoms with Crippen molar-refractivity contribution in [3.05, 3.63) is 27.8 Å². The molecule has 0 bridgehead atoms. The summed E-state index contributed by atoms with van der Waals surface area (Å²) in [5, 5.41) is 21.2. The van der Waals surface area contributed by atoms with Crippen LogP contribution in [0.15, 0.2) is 10.00 Å². The molecular formula is C26H36N6O5S. The van der Waals surface area contributed by atoms with Gasteiger partial charge in [-0.3, -0.25) is 4.79 Å². The van der Waals surface area contributed by atoms with Gasteiger partial charge in [0, 0.05) is 72.0 Å². The van der Waals surface area contributed by atoms with Gasteiger partial charge in [0.1, 0.15) is 12.6 Å². The number of nitrogens with zero attached hydrogens (tertiary/aromatic N) is 3. The number of aryl methyl sites for hydroxylation is 1. The molecule has 2 aromatic rings. The van der Waals surface area contributed by atoms with E-state index in [1.165, 1.54) is 6.92 Å². The third-order valence-electron chi connectivity index (χ3n) is 7.81. The van der Waals surface area contributed by atoms with Crippen LogP contribution in [-0.4, -0.2) is 63.0 Å². The highest BCUT2D eigenvalue weighted by molar-refractivity contribution is 7.89. The number of likely N-dealkylation sites (tertiary alicyclic amines) is 1. The summed E-state index contributed by atoms with van der Waals surface area (Å²) >= 11 is 0. The monoisotopic (exact) mass is 544 g/mol. The number of primary sulfonamides is 1. The Labute approximate surface area is 222 Å². The van der Waals surface area contributed by atoms with Crippen LogP contribution in [0.25, 0.3) is 10.8 Å². The second-order valence-corrected chi connectivity index (χ2v) is 11.6. The van der Waals surface area contributed by atoms with Gasteiger partial charge in [-0.2, -0.15) is 5.10 Å². The topological polar surface area (TPSA) is 185 Å². The van der Waals surface area contributed by atoms with Crippen LogP contribution in [0.2, 0.25) is 0 Å². The zero-order valence-corrected chi connectivity index (χ0v) is 22.7. The van der Waals surface area contributed by atoms with Crippen LogP contribution in [-0.2, 0) is 27.8 Å². The maximum Gasteiger partial charge on any atom is 0.238 e. The number of carbonyl (C=O) groups excluding carboxylic acids is 2. The van der Waals surface area contributed by atoms with E-state index in [1.807, 2.05) is 4.90 Å². The molecule has 4 rings (SSSR count). The number of nitrogen functional groups attached to an aromatic ring is 1. The standard InChI is InChI=1S/C26H36N6O5S/c1-15-20-23(22(21(16(2)35)24(15)27)17-6-5-8-31(12-17)14-30-28)19(13-34)26(38(29,36)37)18(7-11-33)25(20)32-9-3-4-10-32/h11,14,17,34H,3-10,12-13,27-28H2,1-2H3,(H2,29,36,37). The molecule has 2 saturated heterocycles. The molecule has 0 amide bonds. The Bertz CT molecular complexity index is 1420. The number of aliphatic hydroxyl groups excluding tert-OH is 1. The number of anilines is 2. The van der Waals surface area contributed by atoms with E-state index < -0.39 is 16.6 Å². The van der Waals surface area contributed by atoms with Crippen molar-refractivity contribution in [2.24, 2.45) is 16.1 Å². The van der Waals surface area contributed by atoms with E-state index in [0.29, 0.717) is 71.2 Å². The van der Waals surface area contributed by atoms with Gasteiger partial charge in [-0.05, 0) is 56.0 Å². The Morgan fingerprint density at radius 2 is 1.84 bits per heavy atom. The van der Waals surface area contributed by atoms with Crippen molar-refractivity contribution < 1.29 is 23.1 Å². The number of carbonyl (C=O) groups is 2. The predicted octanol–water partition coefficient (Wildman–Crippen LogP) is 1.50. The average molecular weight is 545 g/mol. The van der Waals surface area contributed by atoms with Crippen molar-refractivity contribution >= 4 is 50.6 Å². The lowest BCUT2D eigenvalue weighted by Crippen LogP contribution is -2.34. The fourth-order valence-corrected chi connectivity index (χ4v) is 7.40. The maximum absolute atomic E-state index is 13.1. The molecule has 12 heteroatoms. The Balaban J connectivity index is 2.29. The fourth-order valence-electron chi connectivity index (χ4n) is 6.36. The van der Waals surface area contributed by atoms with E-state index in [1.54, 1.807) is 13.3 Å². The smallest absolute Gasteiger partial charge is 0.238 e. The molecule has 0 aliphatic carbocycles. The number of ketones is 1. The summed E-state index contributed by atoms with van der Waals surface area (Å²) in [5.74, 6) is 4.93. The number of hydrazone groups is 1. The molecule has 11 nitrogen and oxygen atoms in total. The summed E-state index contributed by atoms with van der Waals surface area (Å²) in [5.41, 5.74) is 9.45. The molecule has 1 unspecified atom stereocenters. The van der Waals surface area contributed by atoms with Crippen LogP contribution >= 0.6 is 0 Å². The van der Waals surface area contributed by atoms with E-state index >= 15 is 0 Å². The number of hydrogen-bond acceptors (Lipinski definition) is 9. The first-order chi connectivity index (χ1) is 18.1. The fraction of sp³-hybridized carbons (Fsp3) is 0.500. The summed E-state index contributed by atoms with van der Waals surface area (Å²) in [4.78, 5) is 28.7. The predicted molar refractivity (Wildman–Crippen MR) is 148 cm³/mol. The molecule has 0 saturated carbocycles. The molecular weight excluding hydrogens is 508 g/mol. The second kappa shape index (κ2) is 10.9. The quantitative estimate of drug-likeness (QED) is 0.0727. The zero-order chi connectivity index (χ0) is 27.8. The summed E-state index contributed by atoms with van der Waals surface area (Å²) in [7, 11) is -4.37. The van der Waals surface area contributed by atoms with Gasteiger partial charge in [-0.25, -0.2) is 13.6 Å². The Morgan fingerprint density at radius 3 is 2.39 bits per heavy atom. The first-order valence-corrected chi connectivity index (χ1v) is 14.3. The Hall–Kier alpha value is -3.22. The van der Waals surface area contributed by atoms with Gasteiger partial charge in [0.15, 0.2) is 5.78 Å². The van der Waals surface area contributed by atoms with Crippen molar-refractivity contribution in [2.45, 2.75) is 63.4 Å². The summed E-state index contributed by atoms with van der Waals surface area (Å²) in [6, 6.07) is 0. The number of sulfonamides is 1. The summed E-state index contributed by atoms with van der Waals surface area (Å²) in [6.45, 7) is 5.11. The zero-order valence-electron chi connectivity index (χ0n) is 21.9. The number of piperidine rings is 1. The van der Waals surface area contributed by atoms with Crippen molar-refractivity contribution in [1.82, 2.24) is 4.90 Å². The third kappa shape index (κ3) is 4.72. The molecule has 2 heterocycles.